The van der Waals surface area contributed by atoms with Crippen LogP contribution in [0.4, 0.5) is 0 Å². The molecule has 2 unspecified atom stereocenters. The van der Waals surface area contributed by atoms with Crippen LogP contribution in [0.1, 0.15) is 30.1 Å². The lowest BCUT2D eigenvalue weighted by Gasteiger charge is -2.37. The normalized spacial score (nSPS) is 23.5. The van der Waals surface area contributed by atoms with Crippen molar-refractivity contribution < 1.29 is 9.90 Å². The van der Waals surface area contributed by atoms with Crippen molar-refractivity contribution in [1.82, 2.24) is 9.88 Å². The van der Waals surface area contributed by atoms with E-state index in [1.807, 2.05) is 6.92 Å². The number of piperidine rings is 1. The van der Waals surface area contributed by atoms with Gasteiger partial charge < -0.3 is 10.0 Å². The summed E-state index contributed by atoms with van der Waals surface area (Å²) in [6.45, 7) is 2.68. The van der Waals surface area contributed by atoms with Gasteiger partial charge >= 0.3 is 0 Å². The summed E-state index contributed by atoms with van der Waals surface area (Å²) >= 11 is 11.6. The largest absolute Gasteiger partial charge is 0.396 e. The first-order valence-electron chi connectivity index (χ1n) is 6.26. The van der Waals surface area contributed by atoms with Crippen LogP contribution in [0, 0.1) is 5.92 Å². The summed E-state index contributed by atoms with van der Waals surface area (Å²) in [5.41, 5.74) is 0.440. The number of aliphatic hydroxyl groups excluding tert-OH is 1. The number of carbonyl (C=O) groups excluding carboxylic acids is 1. The van der Waals surface area contributed by atoms with E-state index in [1.165, 1.54) is 12.1 Å². The molecular weight excluding hydrogens is 287 g/mol. The number of carbonyl (C=O) groups is 1. The average molecular weight is 303 g/mol. The van der Waals surface area contributed by atoms with Gasteiger partial charge in [-0.05, 0) is 37.8 Å². The number of nitrogens with zero attached hydrogens (tertiary/aromatic N) is 2. The Morgan fingerprint density at radius 2 is 2.05 bits per heavy atom. The highest BCUT2D eigenvalue weighted by molar-refractivity contribution is 6.33. The third-order valence-electron chi connectivity index (χ3n) is 3.51. The van der Waals surface area contributed by atoms with E-state index in [0.717, 1.165) is 12.8 Å². The van der Waals surface area contributed by atoms with Gasteiger partial charge in [0.2, 0.25) is 0 Å². The van der Waals surface area contributed by atoms with Crippen LogP contribution in [0.3, 0.4) is 0 Å². The molecule has 1 amide bonds. The Labute approximate surface area is 122 Å². The lowest BCUT2D eigenvalue weighted by Crippen LogP contribution is -2.46. The maximum absolute atomic E-state index is 12.5. The molecule has 2 heterocycles. The molecule has 1 aromatic rings. The van der Waals surface area contributed by atoms with E-state index in [4.69, 9.17) is 23.2 Å². The van der Waals surface area contributed by atoms with Crippen molar-refractivity contribution in [2.45, 2.75) is 25.8 Å². The first-order valence-corrected chi connectivity index (χ1v) is 7.01. The highest BCUT2D eigenvalue weighted by Crippen LogP contribution is 2.24. The summed E-state index contributed by atoms with van der Waals surface area (Å²) in [6.07, 6.45) is 1.84. The number of likely N-dealkylation sites (tertiary alicyclic amines) is 1. The first-order chi connectivity index (χ1) is 9.01. The number of aromatic nitrogens is 1. The Balaban J connectivity index is 2.21. The van der Waals surface area contributed by atoms with Crippen molar-refractivity contribution in [3.63, 3.8) is 0 Å². The van der Waals surface area contributed by atoms with Gasteiger partial charge in [0.25, 0.3) is 5.91 Å². The van der Waals surface area contributed by atoms with Crippen molar-refractivity contribution in [2.75, 3.05) is 13.2 Å². The number of hydrogen-bond acceptors (Lipinski definition) is 3. The SMILES string of the molecule is CC1CCC(CO)CN1C(=O)c1cc(Cl)nc(Cl)c1. The Kier molecular flexibility index (Phi) is 4.66. The van der Waals surface area contributed by atoms with Crippen LogP contribution in [0.5, 0.6) is 0 Å². The first kappa shape index (κ1) is 14.6. The van der Waals surface area contributed by atoms with E-state index in [-0.39, 0.29) is 34.8 Å². The van der Waals surface area contributed by atoms with Gasteiger partial charge in [-0.2, -0.15) is 0 Å². The second-order valence-corrected chi connectivity index (χ2v) is 5.71. The monoisotopic (exact) mass is 302 g/mol. The lowest BCUT2D eigenvalue weighted by molar-refractivity contribution is 0.0489. The molecule has 1 saturated heterocycles. The third-order valence-corrected chi connectivity index (χ3v) is 3.90. The molecule has 1 aliphatic rings. The molecule has 0 spiro atoms. The number of amides is 1. The Morgan fingerprint density at radius 3 is 2.63 bits per heavy atom. The van der Waals surface area contributed by atoms with Gasteiger partial charge in [0, 0.05) is 24.8 Å². The number of pyridine rings is 1. The molecule has 6 heteroatoms. The van der Waals surface area contributed by atoms with Gasteiger partial charge in [0.05, 0.1) is 0 Å². The van der Waals surface area contributed by atoms with E-state index in [9.17, 15) is 9.90 Å². The molecule has 0 bridgehead atoms. The molecule has 0 aliphatic carbocycles. The molecule has 1 aromatic heterocycles. The minimum absolute atomic E-state index is 0.106. The molecule has 4 nitrogen and oxygen atoms in total. The van der Waals surface area contributed by atoms with Crippen molar-refractivity contribution in [3.8, 4) is 0 Å². The fourth-order valence-electron chi connectivity index (χ4n) is 2.37. The van der Waals surface area contributed by atoms with Crippen LogP contribution in [0.25, 0.3) is 0 Å². The summed E-state index contributed by atoms with van der Waals surface area (Å²) in [5, 5.41) is 9.66. The molecular formula is C13H16Cl2N2O2. The molecule has 19 heavy (non-hydrogen) atoms. The van der Waals surface area contributed by atoms with E-state index in [0.29, 0.717) is 12.1 Å². The maximum atomic E-state index is 12.5. The molecule has 2 atom stereocenters. The van der Waals surface area contributed by atoms with Gasteiger partial charge in [0.15, 0.2) is 0 Å². The molecule has 1 aliphatic heterocycles. The van der Waals surface area contributed by atoms with Gasteiger partial charge in [-0.1, -0.05) is 23.2 Å². The van der Waals surface area contributed by atoms with Crippen LogP contribution in [-0.4, -0.2) is 40.1 Å². The summed E-state index contributed by atoms with van der Waals surface area (Å²) in [7, 11) is 0. The van der Waals surface area contributed by atoms with Crippen LogP contribution in [0.15, 0.2) is 12.1 Å². The second-order valence-electron chi connectivity index (χ2n) is 4.93. The molecule has 1 N–H and O–H groups in total. The number of aliphatic hydroxyl groups is 1. The topological polar surface area (TPSA) is 53.4 Å². The zero-order chi connectivity index (χ0) is 14.0. The van der Waals surface area contributed by atoms with Gasteiger partial charge in [0.1, 0.15) is 10.3 Å². The number of hydrogen-bond donors (Lipinski definition) is 1. The highest BCUT2D eigenvalue weighted by Gasteiger charge is 2.29. The molecule has 1 fully saturated rings. The summed E-state index contributed by atoms with van der Waals surface area (Å²) in [6, 6.07) is 3.19. The van der Waals surface area contributed by atoms with Crippen molar-refractivity contribution >= 4 is 29.1 Å². The van der Waals surface area contributed by atoms with Crippen LogP contribution >= 0.6 is 23.2 Å². The molecule has 2 rings (SSSR count). The predicted octanol–water partition coefficient (Wildman–Crippen LogP) is 2.62. The minimum Gasteiger partial charge on any atom is -0.396 e. The average Bonchev–Trinajstić information content (AvgIpc) is 2.37. The predicted molar refractivity (Wildman–Crippen MR) is 74.6 cm³/mol. The Bertz CT molecular complexity index is 461. The quantitative estimate of drug-likeness (QED) is 0.855. The van der Waals surface area contributed by atoms with Crippen LogP contribution < -0.4 is 0 Å². The maximum Gasteiger partial charge on any atom is 0.254 e. The molecule has 0 aromatic carbocycles. The van der Waals surface area contributed by atoms with E-state index in [1.54, 1.807) is 4.90 Å². The summed E-state index contributed by atoms with van der Waals surface area (Å²) in [5.74, 6) is 0.0322. The second kappa shape index (κ2) is 6.07. The zero-order valence-electron chi connectivity index (χ0n) is 10.6. The molecule has 0 radical (unpaired) electrons. The van der Waals surface area contributed by atoms with Gasteiger partial charge in [-0.3, -0.25) is 4.79 Å². The zero-order valence-corrected chi connectivity index (χ0v) is 12.2. The molecule has 104 valence electrons. The third kappa shape index (κ3) is 3.38. The van der Waals surface area contributed by atoms with Crippen molar-refractivity contribution in [1.29, 1.82) is 0 Å². The van der Waals surface area contributed by atoms with Crippen molar-refractivity contribution in [3.05, 3.63) is 28.0 Å². The standard InChI is InChI=1S/C13H16Cl2N2O2/c1-8-2-3-9(7-18)6-17(8)13(19)10-4-11(14)16-12(15)5-10/h4-5,8-9,18H,2-3,6-7H2,1H3. The fraction of sp³-hybridized carbons (Fsp3) is 0.538. The van der Waals surface area contributed by atoms with Crippen LogP contribution in [-0.2, 0) is 0 Å². The smallest absolute Gasteiger partial charge is 0.254 e. The Morgan fingerprint density at radius 1 is 1.42 bits per heavy atom. The van der Waals surface area contributed by atoms with E-state index < -0.39 is 0 Å². The Hall–Kier alpha value is -0.840. The lowest BCUT2D eigenvalue weighted by atomic mass is 9.93. The molecule has 0 saturated carbocycles. The van der Waals surface area contributed by atoms with E-state index in [2.05, 4.69) is 4.98 Å². The number of rotatable bonds is 2. The van der Waals surface area contributed by atoms with Gasteiger partial charge in [-0.15, -0.1) is 0 Å². The van der Waals surface area contributed by atoms with Gasteiger partial charge in [-0.25, -0.2) is 4.98 Å². The summed E-state index contributed by atoms with van der Waals surface area (Å²) in [4.78, 5) is 18.1. The van der Waals surface area contributed by atoms with E-state index >= 15 is 0 Å². The minimum atomic E-state index is -0.114. The van der Waals surface area contributed by atoms with Crippen LogP contribution in [0.2, 0.25) is 10.3 Å². The fourth-order valence-corrected chi connectivity index (χ4v) is 2.83. The van der Waals surface area contributed by atoms with Crippen molar-refractivity contribution in [2.24, 2.45) is 5.92 Å². The highest BCUT2D eigenvalue weighted by atomic mass is 35.5. The summed E-state index contributed by atoms with van der Waals surface area (Å²) < 4.78 is 0. The number of halogens is 2.